The van der Waals surface area contributed by atoms with Crippen molar-refractivity contribution in [1.29, 1.82) is 0 Å². The van der Waals surface area contributed by atoms with E-state index in [1.165, 1.54) is 18.4 Å². The number of anilines is 1. The van der Waals surface area contributed by atoms with Gasteiger partial charge in [0, 0.05) is 30.4 Å². The van der Waals surface area contributed by atoms with E-state index in [0.717, 1.165) is 38.8 Å². The van der Waals surface area contributed by atoms with Crippen LogP contribution in [0.25, 0.3) is 0 Å². The van der Waals surface area contributed by atoms with Crippen LogP contribution in [0.1, 0.15) is 54.9 Å². The zero-order valence-corrected chi connectivity index (χ0v) is 17.2. The van der Waals surface area contributed by atoms with Crippen LogP contribution in [-0.4, -0.2) is 36.0 Å². The Labute approximate surface area is 173 Å². The number of likely N-dealkylation sites (tertiary alicyclic amines) is 1. The second-order valence-electron chi connectivity index (χ2n) is 7.81. The van der Waals surface area contributed by atoms with E-state index in [1.54, 1.807) is 24.3 Å². The molecule has 2 aromatic carbocycles. The summed E-state index contributed by atoms with van der Waals surface area (Å²) in [6, 6.07) is 17.3. The van der Waals surface area contributed by atoms with E-state index in [2.05, 4.69) is 22.8 Å². The number of hydrogen-bond donors (Lipinski definition) is 2. The molecule has 1 unspecified atom stereocenters. The molecule has 2 N–H and O–H groups in total. The van der Waals surface area contributed by atoms with Crippen LogP contribution in [0.4, 0.5) is 10.5 Å². The molecule has 1 aliphatic rings. The van der Waals surface area contributed by atoms with Crippen molar-refractivity contribution in [3.8, 4) is 0 Å². The highest BCUT2D eigenvalue weighted by Crippen LogP contribution is 2.16. The molecule has 154 valence electrons. The Bertz CT molecular complexity index is 782. The third-order valence-electron chi connectivity index (χ3n) is 5.37. The lowest BCUT2D eigenvalue weighted by molar-refractivity contribution is 0.0761. The third-order valence-corrected chi connectivity index (χ3v) is 5.37. The average molecular weight is 394 g/mol. The second-order valence-corrected chi connectivity index (χ2v) is 7.81. The van der Waals surface area contributed by atoms with Crippen molar-refractivity contribution < 1.29 is 9.59 Å². The largest absolute Gasteiger partial charge is 0.339 e. The molecular weight excluding hydrogens is 362 g/mol. The molecule has 1 fully saturated rings. The smallest absolute Gasteiger partial charge is 0.319 e. The number of hydrogen-bond acceptors (Lipinski definition) is 2. The highest BCUT2D eigenvalue weighted by Gasteiger charge is 2.17. The summed E-state index contributed by atoms with van der Waals surface area (Å²) < 4.78 is 0. The number of nitrogens with one attached hydrogen (secondary N) is 2. The zero-order valence-electron chi connectivity index (χ0n) is 17.2. The molecule has 29 heavy (non-hydrogen) atoms. The maximum absolute atomic E-state index is 12.6. The van der Waals surface area contributed by atoms with Gasteiger partial charge in [-0.05, 0) is 62.4 Å². The van der Waals surface area contributed by atoms with Crippen LogP contribution in [0.5, 0.6) is 0 Å². The summed E-state index contributed by atoms with van der Waals surface area (Å²) in [4.78, 5) is 26.8. The van der Waals surface area contributed by atoms with Gasteiger partial charge in [0.2, 0.25) is 0 Å². The lowest BCUT2D eigenvalue weighted by Crippen LogP contribution is -2.36. The van der Waals surface area contributed by atoms with Crippen LogP contribution in [0.3, 0.4) is 0 Å². The first kappa shape index (κ1) is 20.9. The van der Waals surface area contributed by atoms with Gasteiger partial charge in [0.05, 0.1) is 0 Å². The summed E-state index contributed by atoms with van der Waals surface area (Å²) in [6.07, 6.45) is 6.36. The lowest BCUT2D eigenvalue weighted by atomic mass is 10.1. The Hall–Kier alpha value is -2.82. The van der Waals surface area contributed by atoms with E-state index in [1.807, 2.05) is 30.0 Å². The Morgan fingerprint density at radius 1 is 0.931 bits per heavy atom. The quantitative estimate of drug-likeness (QED) is 0.737. The van der Waals surface area contributed by atoms with E-state index < -0.39 is 0 Å². The van der Waals surface area contributed by atoms with E-state index >= 15 is 0 Å². The molecule has 0 aliphatic carbocycles. The minimum atomic E-state index is -0.225. The number of urea groups is 1. The topological polar surface area (TPSA) is 61.4 Å². The normalized spacial score (nSPS) is 15.3. The second kappa shape index (κ2) is 10.6. The maximum atomic E-state index is 12.6. The predicted octanol–water partition coefficient (Wildman–Crippen LogP) is 4.85. The molecule has 1 atom stereocenters. The van der Waals surface area contributed by atoms with Crippen LogP contribution < -0.4 is 10.6 Å². The number of nitrogens with zero attached hydrogens (tertiary/aromatic N) is 1. The molecule has 5 nitrogen and oxygen atoms in total. The Kier molecular flexibility index (Phi) is 7.68. The summed E-state index contributed by atoms with van der Waals surface area (Å²) in [5, 5.41) is 5.82. The molecule has 3 rings (SSSR count). The van der Waals surface area contributed by atoms with Gasteiger partial charge in [-0.25, -0.2) is 4.79 Å². The molecule has 1 heterocycles. The first-order chi connectivity index (χ1) is 14.1. The van der Waals surface area contributed by atoms with Crippen LogP contribution in [-0.2, 0) is 6.42 Å². The summed E-state index contributed by atoms with van der Waals surface area (Å²) in [6.45, 7) is 3.68. The van der Waals surface area contributed by atoms with Crippen molar-refractivity contribution in [2.24, 2.45) is 0 Å². The van der Waals surface area contributed by atoms with E-state index in [9.17, 15) is 9.59 Å². The van der Waals surface area contributed by atoms with Gasteiger partial charge in [0.15, 0.2) is 0 Å². The van der Waals surface area contributed by atoms with Gasteiger partial charge in [-0.2, -0.15) is 0 Å². The number of carbonyl (C=O) groups excluding carboxylic acids is 2. The molecule has 0 saturated carbocycles. The molecule has 0 spiro atoms. The standard InChI is InChI=1S/C24H31N3O2/c1-19(11-12-20-9-5-4-6-10-20)25-24(29)26-22-15-13-21(14-16-22)23(28)27-17-7-2-3-8-18-27/h4-6,9-10,13-16,19H,2-3,7-8,11-12,17-18H2,1H3,(H2,25,26,29). The van der Waals surface area contributed by atoms with Crippen molar-refractivity contribution in [2.75, 3.05) is 18.4 Å². The minimum Gasteiger partial charge on any atom is -0.339 e. The molecule has 0 bridgehead atoms. The molecule has 3 amide bonds. The van der Waals surface area contributed by atoms with E-state index in [-0.39, 0.29) is 18.0 Å². The lowest BCUT2D eigenvalue weighted by Gasteiger charge is -2.20. The molecule has 1 saturated heterocycles. The Morgan fingerprint density at radius 2 is 1.59 bits per heavy atom. The van der Waals surface area contributed by atoms with Crippen molar-refractivity contribution >= 4 is 17.6 Å². The highest BCUT2D eigenvalue weighted by atomic mass is 16.2. The minimum absolute atomic E-state index is 0.0686. The van der Waals surface area contributed by atoms with Gasteiger partial charge in [0.25, 0.3) is 5.91 Å². The van der Waals surface area contributed by atoms with Crippen molar-refractivity contribution in [2.45, 2.75) is 51.5 Å². The average Bonchev–Trinajstić information content (AvgIpc) is 3.02. The molecular formula is C24H31N3O2. The van der Waals surface area contributed by atoms with Crippen LogP contribution in [0, 0.1) is 0 Å². The predicted molar refractivity (Wildman–Crippen MR) is 117 cm³/mol. The SMILES string of the molecule is CC(CCc1ccccc1)NC(=O)Nc1ccc(C(=O)N2CCCCCC2)cc1. The van der Waals surface area contributed by atoms with Gasteiger partial charge >= 0.3 is 6.03 Å². The van der Waals surface area contributed by atoms with E-state index in [0.29, 0.717) is 11.3 Å². The monoisotopic (exact) mass is 393 g/mol. The molecule has 2 aromatic rings. The molecule has 1 aliphatic heterocycles. The van der Waals surface area contributed by atoms with Crippen LogP contribution in [0.2, 0.25) is 0 Å². The van der Waals surface area contributed by atoms with Gasteiger partial charge in [-0.1, -0.05) is 43.2 Å². The first-order valence-corrected chi connectivity index (χ1v) is 10.6. The van der Waals surface area contributed by atoms with Gasteiger partial charge < -0.3 is 15.5 Å². The fraction of sp³-hybridized carbons (Fsp3) is 0.417. The summed E-state index contributed by atoms with van der Waals surface area (Å²) >= 11 is 0. The number of amides is 3. The van der Waals surface area contributed by atoms with Crippen LogP contribution in [0.15, 0.2) is 54.6 Å². The van der Waals surface area contributed by atoms with Crippen molar-refractivity contribution in [3.63, 3.8) is 0 Å². The Morgan fingerprint density at radius 3 is 2.24 bits per heavy atom. The maximum Gasteiger partial charge on any atom is 0.319 e. The fourth-order valence-corrected chi connectivity index (χ4v) is 3.64. The Balaban J connectivity index is 1.46. The number of carbonyl (C=O) groups is 2. The van der Waals surface area contributed by atoms with Crippen molar-refractivity contribution in [1.82, 2.24) is 10.2 Å². The zero-order chi connectivity index (χ0) is 20.5. The van der Waals surface area contributed by atoms with Gasteiger partial charge in [-0.15, -0.1) is 0 Å². The molecule has 0 radical (unpaired) electrons. The van der Waals surface area contributed by atoms with Gasteiger partial charge in [-0.3, -0.25) is 4.79 Å². The van der Waals surface area contributed by atoms with E-state index in [4.69, 9.17) is 0 Å². The number of rotatable bonds is 6. The van der Waals surface area contributed by atoms with Gasteiger partial charge in [0.1, 0.15) is 0 Å². The first-order valence-electron chi connectivity index (χ1n) is 10.6. The van der Waals surface area contributed by atoms with Crippen molar-refractivity contribution in [3.05, 3.63) is 65.7 Å². The number of benzene rings is 2. The number of aryl methyl sites for hydroxylation is 1. The summed E-state index contributed by atoms with van der Waals surface area (Å²) in [5.74, 6) is 0.0810. The molecule has 0 aromatic heterocycles. The molecule has 5 heteroatoms. The fourth-order valence-electron chi connectivity index (χ4n) is 3.64. The summed E-state index contributed by atoms with van der Waals surface area (Å²) in [5.41, 5.74) is 2.63. The summed E-state index contributed by atoms with van der Waals surface area (Å²) in [7, 11) is 0. The third kappa shape index (κ3) is 6.63. The van der Waals surface area contributed by atoms with Crippen LogP contribution >= 0.6 is 0 Å². The highest BCUT2D eigenvalue weighted by molar-refractivity contribution is 5.95.